The SMILES string of the molecule is O=S(=O)(Nc1cnn(CCO)c1)c1ccc(Cl)cc1. The third-order valence-electron chi connectivity index (χ3n) is 2.34. The molecule has 0 saturated carbocycles. The van der Waals surface area contributed by atoms with Crippen molar-refractivity contribution in [3.05, 3.63) is 41.7 Å². The Balaban J connectivity index is 2.18. The molecule has 1 heterocycles. The highest BCUT2D eigenvalue weighted by Gasteiger charge is 2.14. The molecule has 0 atom stereocenters. The lowest BCUT2D eigenvalue weighted by Gasteiger charge is -2.05. The number of benzene rings is 1. The maximum Gasteiger partial charge on any atom is 0.261 e. The van der Waals surface area contributed by atoms with E-state index in [9.17, 15) is 8.42 Å². The monoisotopic (exact) mass is 301 g/mol. The van der Waals surface area contributed by atoms with Crippen LogP contribution in [0.1, 0.15) is 0 Å². The van der Waals surface area contributed by atoms with Crippen LogP contribution in [0.4, 0.5) is 5.69 Å². The van der Waals surface area contributed by atoms with Gasteiger partial charge in [0.15, 0.2) is 0 Å². The first-order chi connectivity index (χ1) is 9.01. The van der Waals surface area contributed by atoms with Crippen molar-refractivity contribution in [2.45, 2.75) is 11.4 Å². The first-order valence-corrected chi connectivity index (χ1v) is 7.29. The average Bonchev–Trinajstić information content (AvgIpc) is 2.77. The number of nitrogens with zero attached hydrogens (tertiary/aromatic N) is 2. The van der Waals surface area contributed by atoms with Crippen LogP contribution in [0, 0.1) is 0 Å². The molecule has 0 aliphatic rings. The molecule has 0 aliphatic heterocycles. The number of sulfonamides is 1. The fourth-order valence-electron chi connectivity index (χ4n) is 1.47. The molecular weight excluding hydrogens is 290 g/mol. The highest BCUT2D eigenvalue weighted by molar-refractivity contribution is 7.92. The summed E-state index contributed by atoms with van der Waals surface area (Å²) >= 11 is 5.71. The lowest BCUT2D eigenvalue weighted by Crippen LogP contribution is -2.12. The van der Waals surface area contributed by atoms with Gasteiger partial charge in [0.05, 0.1) is 29.9 Å². The van der Waals surface area contributed by atoms with Crippen LogP contribution in [0.3, 0.4) is 0 Å². The number of hydrogen-bond acceptors (Lipinski definition) is 4. The Morgan fingerprint density at radius 2 is 2.00 bits per heavy atom. The number of aliphatic hydroxyl groups excluding tert-OH is 1. The molecule has 8 heteroatoms. The molecule has 1 aromatic carbocycles. The predicted molar refractivity (Wildman–Crippen MR) is 71.6 cm³/mol. The summed E-state index contributed by atoms with van der Waals surface area (Å²) in [6, 6.07) is 5.85. The Labute approximate surface area is 115 Å². The van der Waals surface area contributed by atoms with Crippen LogP contribution in [0.15, 0.2) is 41.6 Å². The standard InChI is InChI=1S/C11H12ClN3O3S/c12-9-1-3-11(4-2-9)19(17,18)14-10-7-13-15(8-10)5-6-16/h1-4,7-8,14,16H,5-6H2. The fourth-order valence-corrected chi connectivity index (χ4v) is 2.62. The van der Waals surface area contributed by atoms with Crippen LogP contribution in [0.2, 0.25) is 5.02 Å². The van der Waals surface area contributed by atoms with Crippen LogP contribution in [0.25, 0.3) is 0 Å². The first kappa shape index (κ1) is 13.9. The van der Waals surface area contributed by atoms with Crippen molar-refractivity contribution in [2.75, 3.05) is 11.3 Å². The highest BCUT2D eigenvalue weighted by Crippen LogP contribution is 2.17. The molecule has 0 radical (unpaired) electrons. The Morgan fingerprint density at radius 3 is 2.63 bits per heavy atom. The second-order valence-electron chi connectivity index (χ2n) is 3.78. The molecule has 102 valence electrons. The number of aliphatic hydroxyl groups is 1. The van der Waals surface area contributed by atoms with Gasteiger partial charge in [-0.25, -0.2) is 8.42 Å². The largest absolute Gasteiger partial charge is 0.394 e. The van der Waals surface area contributed by atoms with Crippen LogP contribution >= 0.6 is 11.6 Å². The molecule has 0 bridgehead atoms. The zero-order valence-electron chi connectivity index (χ0n) is 9.82. The van der Waals surface area contributed by atoms with Crippen molar-refractivity contribution in [3.63, 3.8) is 0 Å². The van der Waals surface area contributed by atoms with Gasteiger partial charge in [0.25, 0.3) is 10.0 Å². The minimum atomic E-state index is -3.66. The zero-order valence-corrected chi connectivity index (χ0v) is 11.4. The normalized spacial score (nSPS) is 11.5. The molecule has 0 aliphatic carbocycles. The molecule has 2 aromatic rings. The minimum absolute atomic E-state index is 0.0644. The second kappa shape index (κ2) is 5.60. The van der Waals surface area contributed by atoms with Gasteiger partial charge in [0.2, 0.25) is 0 Å². The first-order valence-electron chi connectivity index (χ1n) is 5.43. The Morgan fingerprint density at radius 1 is 1.32 bits per heavy atom. The summed E-state index contributed by atoms with van der Waals surface area (Å²) in [6.45, 7) is 0.244. The minimum Gasteiger partial charge on any atom is -0.394 e. The number of aromatic nitrogens is 2. The van der Waals surface area contributed by atoms with Crippen molar-refractivity contribution in [3.8, 4) is 0 Å². The number of nitrogens with one attached hydrogen (secondary N) is 1. The summed E-state index contributed by atoms with van der Waals surface area (Å²) in [5.41, 5.74) is 0.336. The van der Waals surface area contributed by atoms with E-state index in [4.69, 9.17) is 16.7 Å². The maximum atomic E-state index is 12.0. The third-order valence-corrected chi connectivity index (χ3v) is 3.99. The van der Waals surface area contributed by atoms with Crippen LogP contribution < -0.4 is 4.72 Å². The second-order valence-corrected chi connectivity index (χ2v) is 5.89. The van der Waals surface area contributed by atoms with Crippen molar-refractivity contribution >= 4 is 27.3 Å². The van der Waals surface area contributed by atoms with E-state index >= 15 is 0 Å². The Kier molecular flexibility index (Phi) is 4.08. The lowest BCUT2D eigenvalue weighted by atomic mass is 10.4. The van der Waals surface area contributed by atoms with E-state index in [1.54, 1.807) is 0 Å². The van der Waals surface area contributed by atoms with Gasteiger partial charge in [-0.15, -0.1) is 0 Å². The molecule has 19 heavy (non-hydrogen) atoms. The molecule has 6 nitrogen and oxygen atoms in total. The van der Waals surface area contributed by atoms with E-state index in [1.165, 1.54) is 41.3 Å². The molecule has 0 saturated heterocycles. The van der Waals surface area contributed by atoms with E-state index in [0.29, 0.717) is 17.3 Å². The maximum absolute atomic E-state index is 12.0. The molecule has 2 rings (SSSR count). The molecule has 0 spiro atoms. The summed E-state index contributed by atoms with van der Waals surface area (Å²) in [7, 11) is -3.66. The van der Waals surface area contributed by atoms with Crippen molar-refractivity contribution in [1.82, 2.24) is 9.78 Å². The van der Waals surface area contributed by atoms with E-state index < -0.39 is 10.0 Å². The van der Waals surface area contributed by atoms with Gasteiger partial charge in [-0.05, 0) is 24.3 Å². The third kappa shape index (κ3) is 3.46. The molecule has 2 N–H and O–H groups in total. The summed E-state index contributed by atoms with van der Waals surface area (Å²) in [5.74, 6) is 0. The van der Waals surface area contributed by atoms with Crippen LogP contribution in [0.5, 0.6) is 0 Å². The van der Waals surface area contributed by atoms with Gasteiger partial charge in [-0.3, -0.25) is 9.40 Å². The number of hydrogen-bond donors (Lipinski definition) is 2. The number of rotatable bonds is 5. The quantitative estimate of drug-likeness (QED) is 0.872. The molecule has 1 aromatic heterocycles. The highest BCUT2D eigenvalue weighted by atomic mass is 35.5. The molecular formula is C11H12ClN3O3S. The average molecular weight is 302 g/mol. The van der Waals surface area contributed by atoms with E-state index in [0.717, 1.165) is 0 Å². The number of halogens is 1. The molecule has 0 amide bonds. The van der Waals surface area contributed by atoms with Gasteiger partial charge < -0.3 is 5.11 Å². The van der Waals surface area contributed by atoms with Crippen LogP contribution in [-0.2, 0) is 16.6 Å². The zero-order chi connectivity index (χ0) is 13.9. The fraction of sp³-hybridized carbons (Fsp3) is 0.182. The smallest absolute Gasteiger partial charge is 0.261 e. The van der Waals surface area contributed by atoms with Gasteiger partial charge >= 0.3 is 0 Å². The summed E-state index contributed by atoms with van der Waals surface area (Å²) in [6.07, 6.45) is 2.88. The van der Waals surface area contributed by atoms with Crippen molar-refractivity contribution < 1.29 is 13.5 Å². The molecule has 0 fully saturated rings. The lowest BCUT2D eigenvalue weighted by molar-refractivity contribution is 0.269. The summed E-state index contributed by atoms with van der Waals surface area (Å²) in [4.78, 5) is 0.117. The Bertz CT molecular complexity index is 652. The topological polar surface area (TPSA) is 84.2 Å². The van der Waals surface area contributed by atoms with Gasteiger partial charge in [0.1, 0.15) is 0 Å². The predicted octanol–water partition coefficient (Wildman–Crippen LogP) is 1.33. The van der Waals surface area contributed by atoms with E-state index in [2.05, 4.69) is 9.82 Å². The van der Waals surface area contributed by atoms with Gasteiger partial charge in [-0.2, -0.15) is 5.10 Å². The van der Waals surface area contributed by atoms with Crippen molar-refractivity contribution in [1.29, 1.82) is 0 Å². The van der Waals surface area contributed by atoms with E-state index in [1.807, 2.05) is 0 Å². The Hall–Kier alpha value is -1.57. The van der Waals surface area contributed by atoms with Crippen LogP contribution in [-0.4, -0.2) is 29.9 Å². The summed E-state index contributed by atoms with van der Waals surface area (Å²) in [5, 5.41) is 13.1. The van der Waals surface area contributed by atoms with Gasteiger partial charge in [0, 0.05) is 11.2 Å². The summed E-state index contributed by atoms with van der Waals surface area (Å²) < 4.78 is 27.9. The van der Waals surface area contributed by atoms with Crippen molar-refractivity contribution in [2.24, 2.45) is 0 Å². The van der Waals surface area contributed by atoms with E-state index in [-0.39, 0.29) is 11.5 Å². The molecule has 0 unspecified atom stereocenters. The van der Waals surface area contributed by atoms with Gasteiger partial charge in [-0.1, -0.05) is 11.6 Å². The number of anilines is 1.